The predicted molar refractivity (Wildman–Crippen MR) is 135 cm³/mol. The average molecular weight is 570 g/mol. The number of carboxylic acids is 1. The Bertz CT molecular complexity index is 1630. The van der Waals surface area contributed by atoms with Crippen LogP contribution in [0.4, 0.5) is 23.2 Å². The van der Waals surface area contributed by atoms with Crippen LogP contribution in [0.5, 0.6) is 0 Å². The van der Waals surface area contributed by atoms with E-state index in [0.29, 0.717) is 12.1 Å². The smallest absolute Gasteiger partial charge is 0.416 e. The van der Waals surface area contributed by atoms with Gasteiger partial charge in [0.2, 0.25) is 5.96 Å². The summed E-state index contributed by atoms with van der Waals surface area (Å²) in [5, 5.41) is 9.51. The third kappa shape index (κ3) is 5.53. The second-order valence-electron chi connectivity index (χ2n) is 8.68. The lowest BCUT2D eigenvalue weighted by Gasteiger charge is -2.36. The number of guanidine groups is 1. The van der Waals surface area contributed by atoms with Crippen LogP contribution in [0, 0.1) is 5.82 Å². The Kier molecular flexibility index (Phi) is 7.29. The zero-order chi connectivity index (χ0) is 28.7. The number of nitrogens with zero attached hydrogens (tertiary/aromatic N) is 4. The molecule has 0 amide bonds. The van der Waals surface area contributed by atoms with Gasteiger partial charge >= 0.3 is 12.1 Å². The molecule has 15 heteroatoms. The van der Waals surface area contributed by atoms with Crippen molar-refractivity contribution in [3.63, 3.8) is 0 Å². The minimum Gasteiger partial charge on any atom is -0.477 e. The zero-order valence-corrected chi connectivity index (χ0v) is 21.3. The summed E-state index contributed by atoms with van der Waals surface area (Å²) in [5.74, 6) is -2.36. The van der Waals surface area contributed by atoms with Crippen molar-refractivity contribution in [3.05, 3.63) is 69.8 Å². The molecule has 3 N–H and O–H groups in total. The first-order chi connectivity index (χ1) is 18.2. The number of alkyl halides is 3. The SMILES string of the molecule is CCn1c(C(=O)O)cc(=O)c2cc(F)c(N3CCN(/C(N)=N/S(=O)(=O)c4ccc(C(F)(F)F)cc4)CC3)cc21. The van der Waals surface area contributed by atoms with Crippen molar-refractivity contribution in [2.75, 3.05) is 31.1 Å². The summed E-state index contributed by atoms with van der Waals surface area (Å²) in [6.45, 7) is 2.52. The van der Waals surface area contributed by atoms with E-state index in [1.54, 1.807) is 11.8 Å². The number of carboxylic acid groups (broad SMARTS) is 1. The number of fused-ring (bicyclic) bond motifs is 1. The van der Waals surface area contributed by atoms with Gasteiger partial charge in [-0.05, 0) is 43.3 Å². The molecule has 3 aromatic rings. The van der Waals surface area contributed by atoms with E-state index in [1.165, 1.54) is 15.5 Å². The number of sulfonamides is 1. The molecular weight excluding hydrogens is 546 g/mol. The van der Waals surface area contributed by atoms with Crippen LogP contribution in [0.1, 0.15) is 23.0 Å². The van der Waals surface area contributed by atoms with Crippen molar-refractivity contribution >= 4 is 38.5 Å². The third-order valence-electron chi connectivity index (χ3n) is 6.35. The van der Waals surface area contributed by atoms with Gasteiger partial charge in [-0.2, -0.15) is 21.6 Å². The Hall–Kier alpha value is -4.14. The number of hydrogen-bond donors (Lipinski definition) is 2. The largest absolute Gasteiger partial charge is 0.477 e. The molecule has 1 aliphatic heterocycles. The van der Waals surface area contributed by atoms with Crippen LogP contribution < -0.4 is 16.1 Å². The fourth-order valence-electron chi connectivity index (χ4n) is 4.37. The molecule has 2 aromatic carbocycles. The van der Waals surface area contributed by atoms with E-state index in [-0.39, 0.29) is 61.0 Å². The van der Waals surface area contributed by atoms with E-state index in [2.05, 4.69) is 4.40 Å². The molecule has 39 heavy (non-hydrogen) atoms. The Balaban J connectivity index is 1.55. The Morgan fingerprint density at radius 2 is 1.69 bits per heavy atom. The number of pyridine rings is 1. The summed E-state index contributed by atoms with van der Waals surface area (Å²) in [7, 11) is -4.39. The Morgan fingerprint density at radius 3 is 2.23 bits per heavy atom. The lowest BCUT2D eigenvalue weighted by molar-refractivity contribution is -0.137. The quantitative estimate of drug-likeness (QED) is 0.272. The molecule has 1 fully saturated rings. The van der Waals surface area contributed by atoms with E-state index in [0.717, 1.165) is 24.3 Å². The summed E-state index contributed by atoms with van der Waals surface area (Å²) in [6, 6.07) is 6.27. The lowest BCUT2D eigenvalue weighted by atomic mass is 10.1. The zero-order valence-electron chi connectivity index (χ0n) is 20.4. The second-order valence-corrected chi connectivity index (χ2v) is 10.3. The molecule has 0 aliphatic carbocycles. The maximum Gasteiger partial charge on any atom is 0.416 e. The Morgan fingerprint density at radius 1 is 1.08 bits per heavy atom. The Labute approximate surface area is 219 Å². The van der Waals surface area contributed by atoms with Crippen LogP contribution in [-0.2, 0) is 22.7 Å². The fraction of sp³-hybridized carbons (Fsp3) is 0.292. The molecule has 0 saturated carbocycles. The van der Waals surface area contributed by atoms with Gasteiger partial charge in [-0.3, -0.25) is 4.79 Å². The number of carbonyl (C=O) groups is 1. The van der Waals surface area contributed by atoms with Gasteiger partial charge in [0.05, 0.1) is 21.7 Å². The van der Waals surface area contributed by atoms with E-state index >= 15 is 4.39 Å². The van der Waals surface area contributed by atoms with E-state index in [4.69, 9.17) is 5.73 Å². The summed E-state index contributed by atoms with van der Waals surface area (Å²) < 4.78 is 83.4. The average Bonchev–Trinajstić information content (AvgIpc) is 2.88. The maximum atomic E-state index is 15.0. The van der Waals surface area contributed by atoms with Crippen molar-refractivity contribution in [2.24, 2.45) is 10.1 Å². The van der Waals surface area contributed by atoms with Gasteiger partial charge in [0.15, 0.2) is 5.43 Å². The molecule has 1 aromatic heterocycles. The van der Waals surface area contributed by atoms with Crippen LogP contribution in [0.15, 0.2) is 56.6 Å². The topological polar surface area (TPSA) is 138 Å². The van der Waals surface area contributed by atoms with Crippen LogP contribution >= 0.6 is 0 Å². The van der Waals surface area contributed by atoms with Crippen LogP contribution in [-0.4, -0.2) is 61.1 Å². The first kappa shape index (κ1) is 27.9. The monoisotopic (exact) mass is 569 g/mol. The van der Waals surface area contributed by atoms with Gasteiger partial charge in [0, 0.05) is 44.2 Å². The minimum absolute atomic E-state index is 0.0339. The minimum atomic E-state index is -4.62. The van der Waals surface area contributed by atoms with Gasteiger partial charge < -0.3 is 25.2 Å². The predicted octanol–water partition coefficient (Wildman–Crippen LogP) is 2.70. The molecule has 1 saturated heterocycles. The molecule has 1 aliphatic rings. The molecule has 0 bridgehead atoms. The van der Waals surface area contributed by atoms with Crippen molar-refractivity contribution in [1.29, 1.82) is 0 Å². The van der Waals surface area contributed by atoms with Gasteiger partial charge in [-0.1, -0.05) is 0 Å². The van der Waals surface area contributed by atoms with Gasteiger partial charge in [0.25, 0.3) is 10.0 Å². The van der Waals surface area contributed by atoms with Crippen molar-refractivity contribution in [1.82, 2.24) is 9.47 Å². The molecule has 208 valence electrons. The highest BCUT2D eigenvalue weighted by molar-refractivity contribution is 7.90. The molecular formula is C24H23F4N5O5S. The third-order valence-corrected chi connectivity index (χ3v) is 7.65. The number of aromatic carboxylic acids is 1. The number of anilines is 1. The molecule has 4 rings (SSSR count). The summed E-state index contributed by atoms with van der Waals surface area (Å²) in [6.07, 6.45) is -4.62. The van der Waals surface area contributed by atoms with Crippen LogP contribution in [0.2, 0.25) is 0 Å². The second kappa shape index (κ2) is 10.2. The maximum absolute atomic E-state index is 15.0. The number of benzene rings is 2. The van der Waals surface area contributed by atoms with Crippen LogP contribution in [0.25, 0.3) is 10.9 Å². The summed E-state index contributed by atoms with van der Waals surface area (Å²) >= 11 is 0. The van der Waals surface area contributed by atoms with Crippen molar-refractivity contribution < 1.29 is 35.9 Å². The number of aromatic nitrogens is 1. The van der Waals surface area contributed by atoms with Crippen LogP contribution in [0.3, 0.4) is 0 Å². The molecule has 0 atom stereocenters. The first-order valence-corrected chi connectivity index (χ1v) is 13.0. The van der Waals surface area contributed by atoms with E-state index in [9.17, 15) is 36.3 Å². The number of rotatable bonds is 5. The number of nitrogens with two attached hydrogens (primary N) is 1. The highest BCUT2D eigenvalue weighted by atomic mass is 32.2. The number of halogens is 4. The number of piperazine rings is 1. The number of hydrogen-bond acceptors (Lipinski definition) is 5. The lowest BCUT2D eigenvalue weighted by Crippen LogP contribution is -2.51. The van der Waals surface area contributed by atoms with Gasteiger partial charge in [-0.25, -0.2) is 9.18 Å². The summed E-state index contributed by atoms with van der Waals surface area (Å²) in [4.78, 5) is 26.6. The number of aryl methyl sites for hydroxylation is 1. The standard InChI is InChI=1S/C24H23F4N5O5S/c1-2-33-18-12-19(17(25)11-16(18)21(34)13-20(33)22(35)36)31-7-9-32(10-8-31)23(29)30-39(37,38)15-5-3-14(4-6-15)24(26,27)28/h3-6,11-13H,2,7-10H2,1H3,(H2,29,30)(H,35,36). The molecule has 2 heterocycles. The molecule has 0 spiro atoms. The molecule has 0 radical (unpaired) electrons. The van der Waals surface area contributed by atoms with Gasteiger partial charge in [-0.15, -0.1) is 4.40 Å². The van der Waals surface area contributed by atoms with Crippen molar-refractivity contribution in [2.45, 2.75) is 24.5 Å². The van der Waals surface area contributed by atoms with Gasteiger partial charge in [0.1, 0.15) is 11.5 Å². The normalized spacial score (nSPS) is 15.2. The van der Waals surface area contributed by atoms with Crippen molar-refractivity contribution in [3.8, 4) is 0 Å². The molecule has 0 unspecified atom stereocenters. The first-order valence-electron chi connectivity index (χ1n) is 11.6. The van der Waals surface area contributed by atoms with E-state index < -0.39 is 43.9 Å². The van der Waals surface area contributed by atoms with E-state index in [1.807, 2.05) is 0 Å². The highest BCUT2D eigenvalue weighted by Gasteiger charge is 2.31. The summed E-state index contributed by atoms with van der Waals surface area (Å²) in [5.41, 5.74) is 4.41. The fourth-order valence-corrected chi connectivity index (χ4v) is 5.31. The molecule has 10 nitrogen and oxygen atoms in total. The highest BCUT2D eigenvalue weighted by Crippen LogP contribution is 2.30.